The molecule has 1 aliphatic rings. The van der Waals surface area contributed by atoms with Crippen molar-refractivity contribution in [3.63, 3.8) is 0 Å². The number of aliphatic hydroxyl groups is 1. The third-order valence-electron chi connectivity index (χ3n) is 3.00. The van der Waals surface area contributed by atoms with Crippen LogP contribution in [-0.4, -0.2) is 23.3 Å². The second kappa shape index (κ2) is 5.19. The van der Waals surface area contributed by atoms with Gasteiger partial charge in [0.25, 0.3) is 0 Å². The van der Waals surface area contributed by atoms with Gasteiger partial charge in [-0.15, -0.1) is 11.3 Å². The molecule has 0 bridgehead atoms. The highest BCUT2D eigenvalue weighted by Gasteiger charge is 2.17. The SMILES string of the molecule is Cc1nc(C(O)c2ccc3c(c2)OCCCO3)cs1. The zero-order valence-electron chi connectivity index (χ0n) is 10.6. The van der Waals surface area contributed by atoms with Crippen LogP contribution in [0, 0.1) is 6.92 Å². The van der Waals surface area contributed by atoms with Gasteiger partial charge in [0.1, 0.15) is 6.10 Å². The van der Waals surface area contributed by atoms with Crippen LogP contribution in [0.3, 0.4) is 0 Å². The molecule has 0 fully saturated rings. The van der Waals surface area contributed by atoms with Gasteiger partial charge in [-0.2, -0.15) is 0 Å². The first-order chi connectivity index (χ1) is 9.24. The van der Waals surface area contributed by atoms with Gasteiger partial charge in [-0.3, -0.25) is 0 Å². The number of aromatic nitrogens is 1. The topological polar surface area (TPSA) is 51.6 Å². The van der Waals surface area contributed by atoms with E-state index in [4.69, 9.17) is 9.47 Å². The van der Waals surface area contributed by atoms with Crippen LogP contribution in [0.15, 0.2) is 23.6 Å². The Balaban J connectivity index is 1.91. The fraction of sp³-hybridized carbons (Fsp3) is 0.357. The Morgan fingerprint density at radius 3 is 2.79 bits per heavy atom. The Labute approximate surface area is 115 Å². The van der Waals surface area contributed by atoms with Crippen LogP contribution in [-0.2, 0) is 0 Å². The van der Waals surface area contributed by atoms with Gasteiger partial charge >= 0.3 is 0 Å². The molecule has 5 heteroatoms. The van der Waals surface area contributed by atoms with E-state index in [0.717, 1.165) is 22.7 Å². The van der Waals surface area contributed by atoms with E-state index >= 15 is 0 Å². The van der Waals surface area contributed by atoms with Crippen LogP contribution in [0.5, 0.6) is 11.5 Å². The summed E-state index contributed by atoms with van der Waals surface area (Å²) >= 11 is 1.53. The van der Waals surface area contributed by atoms with Crippen molar-refractivity contribution in [3.05, 3.63) is 39.8 Å². The molecule has 1 atom stereocenters. The first-order valence-corrected chi connectivity index (χ1v) is 7.11. The maximum absolute atomic E-state index is 10.3. The van der Waals surface area contributed by atoms with E-state index in [2.05, 4.69) is 4.98 Å². The van der Waals surface area contributed by atoms with Crippen LogP contribution in [0.4, 0.5) is 0 Å². The molecule has 2 heterocycles. The van der Waals surface area contributed by atoms with Crippen molar-refractivity contribution < 1.29 is 14.6 Å². The van der Waals surface area contributed by atoms with Crippen molar-refractivity contribution in [2.24, 2.45) is 0 Å². The van der Waals surface area contributed by atoms with Gasteiger partial charge in [0.15, 0.2) is 11.5 Å². The van der Waals surface area contributed by atoms with Gasteiger partial charge in [-0.05, 0) is 24.6 Å². The largest absolute Gasteiger partial charge is 0.490 e. The van der Waals surface area contributed by atoms with Gasteiger partial charge < -0.3 is 14.6 Å². The van der Waals surface area contributed by atoms with Crippen LogP contribution in [0.2, 0.25) is 0 Å². The summed E-state index contributed by atoms with van der Waals surface area (Å²) in [6.07, 6.45) is 0.153. The summed E-state index contributed by atoms with van der Waals surface area (Å²) < 4.78 is 11.2. The fourth-order valence-corrected chi connectivity index (χ4v) is 2.66. The molecule has 0 saturated carbocycles. The zero-order chi connectivity index (χ0) is 13.2. The lowest BCUT2D eigenvalue weighted by atomic mass is 10.1. The maximum Gasteiger partial charge on any atom is 0.161 e. The number of aliphatic hydroxyl groups excluding tert-OH is 1. The summed E-state index contributed by atoms with van der Waals surface area (Å²) in [5.41, 5.74) is 1.45. The molecular formula is C14H15NO3S. The van der Waals surface area contributed by atoms with Crippen molar-refractivity contribution in [1.29, 1.82) is 0 Å². The minimum Gasteiger partial charge on any atom is -0.490 e. The second-order valence-corrected chi connectivity index (χ2v) is 5.51. The third-order valence-corrected chi connectivity index (χ3v) is 3.80. The van der Waals surface area contributed by atoms with E-state index in [0.29, 0.717) is 24.7 Å². The number of thiazole rings is 1. The van der Waals surface area contributed by atoms with E-state index in [-0.39, 0.29) is 0 Å². The lowest BCUT2D eigenvalue weighted by Crippen LogP contribution is -2.01. The third kappa shape index (κ3) is 2.57. The van der Waals surface area contributed by atoms with Gasteiger partial charge in [-0.25, -0.2) is 4.98 Å². The zero-order valence-corrected chi connectivity index (χ0v) is 11.4. The number of benzene rings is 1. The average Bonchev–Trinajstić information content (AvgIpc) is 2.72. The Kier molecular flexibility index (Phi) is 3.40. The quantitative estimate of drug-likeness (QED) is 0.917. The van der Waals surface area contributed by atoms with Crippen LogP contribution < -0.4 is 9.47 Å². The molecule has 3 rings (SSSR count). The summed E-state index contributed by atoms with van der Waals surface area (Å²) in [7, 11) is 0. The first-order valence-electron chi connectivity index (χ1n) is 6.23. The molecule has 1 N–H and O–H groups in total. The lowest BCUT2D eigenvalue weighted by molar-refractivity contribution is 0.215. The molecule has 1 aromatic carbocycles. The van der Waals surface area contributed by atoms with E-state index in [9.17, 15) is 5.11 Å². The number of nitrogens with zero attached hydrogens (tertiary/aromatic N) is 1. The summed E-state index contributed by atoms with van der Waals surface area (Å²) in [5.74, 6) is 1.43. The number of fused-ring (bicyclic) bond motifs is 1. The standard InChI is InChI=1S/C14H15NO3S/c1-9-15-11(8-19-9)14(16)10-3-4-12-13(7-10)18-6-2-5-17-12/h3-4,7-8,14,16H,2,5-6H2,1H3. The predicted octanol–water partition coefficient (Wildman–Crippen LogP) is 2.69. The Hall–Kier alpha value is -1.59. The van der Waals surface area contributed by atoms with Gasteiger partial charge in [0.2, 0.25) is 0 Å². The number of hydrogen-bond acceptors (Lipinski definition) is 5. The van der Waals surface area contributed by atoms with Gasteiger partial charge in [0.05, 0.1) is 23.9 Å². The Morgan fingerprint density at radius 1 is 1.26 bits per heavy atom. The van der Waals surface area contributed by atoms with Crippen molar-refractivity contribution >= 4 is 11.3 Å². The highest BCUT2D eigenvalue weighted by Crippen LogP contribution is 2.34. The Bertz CT molecular complexity index is 582. The summed E-state index contributed by atoms with van der Waals surface area (Å²) in [6, 6.07) is 5.53. The minimum atomic E-state index is -0.720. The second-order valence-electron chi connectivity index (χ2n) is 4.45. The van der Waals surface area contributed by atoms with Crippen LogP contribution >= 0.6 is 11.3 Å². The highest BCUT2D eigenvalue weighted by atomic mass is 32.1. The highest BCUT2D eigenvalue weighted by molar-refractivity contribution is 7.09. The maximum atomic E-state index is 10.3. The van der Waals surface area contributed by atoms with E-state index in [1.807, 2.05) is 30.5 Å². The van der Waals surface area contributed by atoms with Gasteiger partial charge in [0, 0.05) is 11.8 Å². The number of aryl methyl sites for hydroxylation is 1. The number of hydrogen-bond donors (Lipinski definition) is 1. The van der Waals surface area contributed by atoms with Crippen molar-refractivity contribution in [3.8, 4) is 11.5 Å². The van der Waals surface area contributed by atoms with Crippen LogP contribution in [0.1, 0.15) is 28.8 Å². The molecule has 1 aromatic heterocycles. The smallest absolute Gasteiger partial charge is 0.161 e. The molecule has 0 spiro atoms. The molecule has 0 aliphatic carbocycles. The number of ether oxygens (including phenoxy) is 2. The summed E-state index contributed by atoms with van der Waals surface area (Å²) in [5, 5.41) is 13.2. The summed E-state index contributed by atoms with van der Waals surface area (Å²) in [6.45, 7) is 3.23. The molecule has 19 heavy (non-hydrogen) atoms. The molecule has 1 aliphatic heterocycles. The lowest BCUT2D eigenvalue weighted by Gasteiger charge is -2.12. The van der Waals surface area contributed by atoms with Gasteiger partial charge in [-0.1, -0.05) is 6.07 Å². The first kappa shape index (κ1) is 12.4. The molecule has 4 nitrogen and oxygen atoms in total. The summed E-state index contributed by atoms with van der Waals surface area (Å²) in [4.78, 5) is 4.31. The average molecular weight is 277 g/mol. The minimum absolute atomic E-state index is 0.641. The van der Waals surface area contributed by atoms with Crippen LogP contribution in [0.25, 0.3) is 0 Å². The molecule has 0 saturated heterocycles. The van der Waals surface area contributed by atoms with E-state index < -0.39 is 6.10 Å². The normalized spacial score (nSPS) is 15.9. The molecular weight excluding hydrogens is 262 g/mol. The molecule has 0 amide bonds. The molecule has 100 valence electrons. The van der Waals surface area contributed by atoms with Crippen molar-refractivity contribution in [2.45, 2.75) is 19.4 Å². The van der Waals surface area contributed by atoms with E-state index in [1.54, 1.807) is 0 Å². The Morgan fingerprint density at radius 2 is 2.05 bits per heavy atom. The van der Waals surface area contributed by atoms with Crippen molar-refractivity contribution in [2.75, 3.05) is 13.2 Å². The fourth-order valence-electron chi connectivity index (χ4n) is 2.03. The van der Waals surface area contributed by atoms with E-state index in [1.165, 1.54) is 11.3 Å². The van der Waals surface area contributed by atoms with Crippen molar-refractivity contribution in [1.82, 2.24) is 4.98 Å². The monoisotopic (exact) mass is 277 g/mol. The predicted molar refractivity (Wildman–Crippen MR) is 73.0 cm³/mol. The molecule has 1 unspecified atom stereocenters. The number of rotatable bonds is 2. The molecule has 0 radical (unpaired) electrons. The molecule has 2 aromatic rings.